The minimum absolute atomic E-state index is 0.0128. The molecule has 0 spiro atoms. The smallest absolute Gasteiger partial charge is 0.182 e. The molecule has 0 saturated heterocycles. The van der Waals surface area contributed by atoms with Crippen LogP contribution in [0, 0.1) is 0 Å². The first kappa shape index (κ1) is 10.7. The van der Waals surface area contributed by atoms with Crippen LogP contribution in [0.5, 0.6) is 0 Å². The van der Waals surface area contributed by atoms with Crippen LogP contribution in [-0.2, 0) is 13.1 Å². The largest absolute Gasteiger partial charge is 0.394 e. The Hall–Kier alpha value is -1.79. The van der Waals surface area contributed by atoms with Crippen molar-refractivity contribution in [3.63, 3.8) is 0 Å². The third-order valence-corrected chi connectivity index (χ3v) is 2.29. The predicted octanol–water partition coefficient (Wildman–Crippen LogP) is -0.209. The van der Waals surface area contributed by atoms with Crippen molar-refractivity contribution in [2.75, 3.05) is 6.61 Å². The van der Waals surface area contributed by atoms with E-state index in [9.17, 15) is 0 Å². The second-order valence-corrected chi connectivity index (χ2v) is 3.35. The van der Waals surface area contributed by atoms with Crippen molar-refractivity contribution in [2.45, 2.75) is 13.1 Å². The van der Waals surface area contributed by atoms with E-state index in [1.807, 2.05) is 24.3 Å². The van der Waals surface area contributed by atoms with Crippen molar-refractivity contribution in [3.05, 3.63) is 29.8 Å². The molecular weight excluding hydrogens is 206 g/mol. The number of aliphatic hydroxyl groups excluding tert-OH is 1. The zero-order chi connectivity index (χ0) is 11.4. The van der Waals surface area contributed by atoms with E-state index in [1.54, 1.807) is 4.68 Å². The van der Waals surface area contributed by atoms with Gasteiger partial charge in [0.15, 0.2) is 5.82 Å². The summed E-state index contributed by atoms with van der Waals surface area (Å²) in [6.07, 6.45) is 0. The summed E-state index contributed by atoms with van der Waals surface area (Å²) in [7, 11) is 0. The van der Waals surface area contributed by atoms with Gasteiger partial charge in [-0.3, -0.25) is 0 Å². The van der Waals surface area contributed by atoms with Gasteiger partial charge in [-0.1, -0.05) is 24.3 Å². The van der Waals surface area contributed by atoms with Gasteiger partial charge in [-0.25, -0.2) is 4.68 Å². The molecule has 0 unspecified atom stereocenters. The molecule has 1 heterocycles. The van der Waals surface area contributed by atoms with Gasteiger partial charge in [0.2, 0.25) is 0 Å². The van der Waals surface area contributed by atoms with Gasteiger partial charge < -0.3 is 10.8 Å². The zero-order valence-electron chi connectivity index (χ0n) is 8.74. The number of tetrazole rings is 1. The third kappa shape index (κ3) is 2.07. The molecule has 84 valence electrons. The lowest BCUT2D eigenvalue weighted by Gasteiger charge is -2.03. The van der Waals surface area contributed by atoms with Crippen molar-refractivity contribution in [1.82, 2.24) is 20.2 Å². The van der Waals surface area contributed by atoms with E-state index in [-0.39, 0.29) is 6.61 Å². The molecule has 6 nitrogen and oxygen atoms in total. The molecule has 3 N–H and O–H groups in total. The Kier molecular flexibility index (Phi) is 3.23. The first-order valence-corrected chi connectivity index (χ1v) is 5.01. The minimum atomic E-state index is 0.0128. The average molecular weight is 219 g/mol. The summed E-state index contributed by atoms with van der Waals surface area (Å²) in [6.45, 7) is 0.918. The number of aromatic nitrogens is 4. The molecule has 0 aliphatic rings. The van der Waals surface area contributed by atoms with Crippen LogP contribution in [0.1, 0.15) is 5.56 Å². The fourth-order valence-electron chi connectivity index (χ4n) is 1.45. The summed E-state index contributed by atoms with van der Waals surface area (Å²) >= 11 is 0. The normalized spacial score (nSPS) is 10.6. The van der Waals surface area contributed by atoms with E-state index in [4.69, 9.17) is 10.8 Å². The first-order chi connectivity index (χ1) is 7.85. The summed E-state index contributed by atoms with van der Waals surface area (Å²) in [6, 6.07) is 7.71. The molecule has 2 aromatic rings. The van der Waals surface area contributed by atoms with E-state index >= 15 is 0 Å². The molecule has 0 atom stereocenters. The van der Waals surface area contributed by atoms with Gasteiger partial charge in [0, 0.05) is 12.1 Å². The maximum atomic E-state index is 8.86. The molecule has 2 rings (SSSR count). The summed E-state index contributed by atoms with van der Waals surface area (Å²) < 4.78 is 1.57. The summed E-state index contributed by atoms with van der Waals surface area (Å²) in [5.41, 5.74) is 7.49. The average Bonchev–Trinajstić information content (AvgIpc) is 2.78. The second kappa shape index (κ2) is 4.82. The number of nitrogens with zero attached hydrogens (tertiary/aromatic N) is 4. The van der Waals surface area contributed by atoms with Crippen molar-refractivity contribution < 1.29 is 5.11 Å². The van der Waals surface area contributed by atoms with E-state index in [0.717, 1.165) is 11.1 Å². The van der Waals surface area contributed by atoms with Crippen LogP contribution in [0.15, 0.2) is 24.3 Å². The fourth-order valence-corrected chi connectivity index (χ4v) is 1.45. The molecule has 0 aliphatic carbocycles. The Labute approximate surface area is 92.7 Å². The van der Waals surface area contributed by atoms with Crippen molar-refractivity contribution in [3.8, 4) is 11.4 Å². The Morgan fingerprint density at radius 2 is 2.00 bits per heavy atom. The standard InChI is InChI=1S/C10H13N5O/c11-7-8-1-3-9(4-2-8)10-12-13-14-15(10)5-6-16/h1-4,16H,5-7,11H2. The number of hydrogen-bond acceptors (Lipinski definition) is 5. The van der Waals surface area contributed by atoms with Gasteiger partial charge in [-0.05, 0) is 16.0 Å². The van der Waals surface area contributed by atoms with Crippen LogP contribution in [0.4, 0.5) is 0 Å². The molecule has 16 heavy (non-hydrogen) atoms. The number of hydrogen-bond donors (Lipinski definition) is 2. The fraction of sp³-hybridized carbons (Fsp3) is 0.300. The Morgan fingerprint density at radius 3 is 2.62 bits per heavy atom. The highest BCUT2D eigenvalue weighted by atomic mass is 16.3. The summed E-state index contributed by atoms with van der Waals surface area (Å²) in [4.78, 5) is 0. The summed E-state index contributed by atoms with van der Waals surface area (Å²) in [5.74, 6) is 0.651. The van der Waals surface area contributed by atoms with Gasteiger partial charge >= 0.3 is 0 Å². The highest BCUT2D eigenvalue weighted by Crippen LogP contribution is 2.16. The molecular formula is C10H13N5O. The molecule has 6 heteroatoms. The number of nitrogens with two attached hydrogens (primary N) is 1. The van der Waals surface area contributed by atoms with Crippen molar-refractivity contribution >= 4 is 0 Å². The quantitative estimate of drug-likeness (QED) is 0.742. The van der Waals surface area contributed by atoms with Crippen molar-refractivity contribution in [1.29, 1.82) is 0 Å². The van der Waals surface area contributed by atoms with Crippen LogP contribution in [0.25, 0.3) is 11.4 Å². The lowest BCUT2D eigenvalue weighted by atomic mass is 10.1. The molecule has 0 fully saturated rings. The lowest BCUT2D eigenvalue weighted by Crippen LogP contribution is -2.06. The highest BCUT2D eigenvalue weighted by Gasteiger charge is 2.07. The number of aliphatic hydroxyl groups is 1. The van der Waals surface area contributed by atoms with Gasteiger partial charge in [-0.2, -0.15) is 0 Å². The van der Waals surface area contributed by atoms with E-state index in [2.05, 4.69) is 15.5 Å². The number of benzene rings is 1. The van der Waals surface area contributed by atoms with Crippen LogP contribution in [-0.4, -0.2) is 31.9 Å². The molecule has 0 amide bonds. The van der Waals surface area contributed by atoms with Crippen LogP contribution < -0.4 is 5.73 Å². The monoisotopic (exact) mass is 219 g/mol. The van der Waals surface area contributed by atoms with Gasteiger partial charge in [-0.15, -0.1) is 5.10 Å². The molecule has 0 bridgehead atoms. The van der Waals surface area contributed by atoms with Crippen LogP contribution >= 0.6 is 0 Å². The molecule has 1 aromatic heterocycles. The molecule has 0 aliphatic heterocycles. The maximum absolute atomic E-state index is 8.86. The van der Waals surface area contributed by atoms with Gasteiger partial charge in [0.1, 0.15) is 0 Å². The Bertz CT molecular complexity index is 450. The topological polar surface area (TPSA) is 89.9 Å². The minimum Gasteiger partial charge on any atom is -0.394 e. The van der Waals surface area contributed by atoms with Crippen LogP contribution in [0.3, 0.4) is 0 Å². The molecule has 1 aromatic carbocycles. The Morgan fingerprint density at radius 1 is 1.25 bits per heavy atom. The van der Waals surface area contributed by atoms with Gasteiger partial charge in [0.25, 0.3) is 0 Å². The van der Waals surface area contributed by atoms with E-state index in [0.29, 0.717) is 18.9 Å². The number of rotatable bonds is 4. The highest BCUT2D eigenvalue weighted by molar-refractivity contribution is 5.54. The maximum Gasteiger partial charge on any atom is 0.182 e. The Balaban J connectivity index is 2.31. The van der Waals surface area contributed by atoms with Crippen LogP contribution in [0.2, 0.25) is 0 Å². The zero-order valence-corrected chi connectivity index (χ0v) is 8.74. The third-order valence-electron chi connectivity index (χ3n) is 2.29. The molecule has 0 radical (unpaired) electrons. The molecule has 0 saturated carbocycles. The second-order valence-electron chi connectivity index (χ2n) is 3.35. The first-order valence-electron chi connectivity index (χ1n) is 5.01. The predicted molar refractivity (Wildman–Crippen MR) is 58.2 cm³/mol. The van der Waals surface area contributed by atoms with E-state index < -0.39 is 0 Å². The summed E-state index contributed by atoms with van der Waals surface area (Å²) in [5, 5.41) is 20.2. The van der Waals surface area contributed by atoms with E-state index in [1.165, 1.54) is 0 Å². The lowest BCUT2D eigenvalue weighted by molar-refractivity contribution is 0.269. The SMILES string of the molecule is NCc1ccc(-c2nnnn2CCO)cc1. The van der Waals surface area contributed by atoms with Crippen molar-refractivity contribution in [2.24, 2.45) is 5.73 Å². The van der Waals surface area contributed by atoms with Gasteiger partial charge in [0.05, 0.1) is 13.2 Å².